The molecule has 24 bridgehead atoms. The summed E-state index contributed by atoms with van der Waals surface area (Å²) in [4.78, 5) is 58.1. The number of methoxy groups -OCH3 is 4. The Morgan fingerprint density at radius 3 is 0.889 bits per heavy atom. The summed E-state index contributed by atoms with van der Waals surface area (Å²) in [7, 11) is 6.00. The molecule has 19 atom stereocenters. The number of phenolic OH excluding ortho intramolecular Hbond substituents is 4. The van der Waals surface area contributed by atoms with E-state index in [4.69, 9.17) is 56.8 Å². The van der Waals surface area contributed by atoms with Crippen LogP contribution in [0.15, 0.2) is 146 Å². The first-order valence-corrected chi connectivity index (χ1v) is 50.1. The standard InChI is InChI=1S/C115H134O20/c1-65(135-113-54-70-35-71(55-113)49-109(5,48-70)62-113)60-131-107(123)81-26-18-77(19-27-81)103-87-41-90(98(126-10)45-95(87)119)100(74-12-20-78(21-13-74)104(120)128-28-31-132-112-52-68-34-69(53-112)47-108(4,46-68)61-112)84-38-88(96(124-8)42-92(84)116)101(75-14-22-79(23-15-75)105(121)129-29-32-133-114-56-72-36-82(66(114)2)58-110(6,50-72)63-114)85-39-89(97(125-9)43-93(85)117)102(86-40-91(103)99(127-11)44-94(86)118)76-16-24-80(25-17-76)106(122)130-30-33-134-115-57-73-37-83(67(115)3)59-111(7,51-73)64-115/h12-27,38-45,65-73,82-83,100-103,116-119H,28-37,46-64H2,1-11H3. The minimum atomic E-state index is -1.06. The number of esters is 4. The summed E-state index contributed by atoms with van der Waals surface area (Å²) in [5, 5.41) is 53.2. The predicted molar refractivity (Wildman–Crippen MR) is 509 cm³/mol. The van der Waals surface area contributed by atoms with Crippen LogP contribution in [0.5, 0.6) is 46.0 Å². The van der Waals surface area contributed by atoms with E-state index in [9.17, 15) is 39.6 Å². The lowest BCUT2D eigenvalue weighted by molar-refractivity contribution is -0.223. The van der Waals surface area contributed by atoms with Crippen molar-refractivity contribution >= 4 is 23.9 Å². The van der Waals surface area contributed by atoms with Crippen molar-refractivity contribution in [2.45, 2.75) is 242 Å². The van der Waals surface area contributed by atoms with Gasteiger partial charge in [0.15, 0.2) is 0 Å². The number of hydrogen-bond acceptors (Lipinski definition) is 20. The summed E-state index contributed by atoms with van der Waals surface area (Å²) in [5.74, 6) is -0.635. The Balaban J connectivity index is 0.679. The lowest BCUT2D eigenvalue weighted by Crippen LogP contribution is -2.61. The molecule has 0 saturated heterocycles. The Bertz CT molecular complexity index is 5850. The largest absolute Gasteiger partial charge is 0.507 e. The smallest absolute Gasteiger partial charge is 0.338 e. The summed E-state index contributed by atoms with van der Waals surface area (Å²) in [5.41, 5.74) is 6.22. The Morgan fingerprint density at radius 2 is 0.593 bits per heavy atom. The molecule has 16 saturated carbocycles. The summed E-state index contributed by atoms with van der Waals surface area (Å²) in [6.07, 6.45) is 24.7. The van der Waals surface area contributed by atoms with Crippen molar-refractivity contribution in [3.63, 3.8) is 0 Å². The lowest BCUT2D eigenvalue weighted by Gasteiger charge is -2.64. The van der Waals surface area contributed by atoms with E-state index in [0.717, 1.165) is 64.2 Å². The molecule has 0 aliphatic heterocycles. The van der Waals surface area contributed by atoms with Gasteiger partial charge in [0.05, 0.1) is 99.0 Å². The van der Waals surface area contributed by atoms with Gasteiger partial charge in [-0.2, -0.15) is 0 Å². The molecular formula is C115H134O20. The van der Waals surface area contributed by atoms with E-state index in [-0.39, 0.29) is 165 Å². The summed E-state index contributed by atoms with van der Waals surface area (Å²) < 4.78 is 77.7. The SMILES string of the molecule is COc1cc(O)c2cc1C(c1ccc(C(=O)OCCOC34CC5CC(CC(C)(C5)C3)C4)cc1)c1cc(c(OC)cc1O)C(c1ccc(C(=O)OCCOC34CC5CC(CC(C)(C5)C3)C4C)cc1)c1cc(c(OC)cc1O)C(c1ccc(C(=O)OCCOC34CC5CC(CC(C)(C5)C3)C4C)cc1)c1cc(c(OC)cc1O)C2c1ccc(C(=O)OCC(C)OC23CC4CC(CC(C)(C4)C2)C3)cc1. The normalized spacial score (nSPS) is 33.9. The fourth-order valence-corrected chi connectivity index (χ4v) is 32.0. The topological polar surface area (TPSA) is 260 Å². The summed E-state index contributed by atoms with van der Waals surface area (Å²) >= 11 is 0. The van der Waals surface area contributed by atoms with Gasteiger partial charge in [0, 0.05) is 92.4 Å². The molecular weight excluding hydrogens is 1700 g/mol. The van der Waals surface area contributed by atoms with Gasteiger partial charge in [0.2, 0.25) is 0 Å². The zero-order chi connectivity index (χ0) is 93.8. The third-order valence-corrected chi connectivity index (χ3v) is 35.7. The van der Waals surface area contributed by atoms with Crippen LogP contribution < -0.4 is 18.9 Å². The quantitative estimate of drug-likeness (QED) is 0.0202. The van der Waals surface area contributed by atoms with Crippen LogP contribution in [0.1, 0.15) is 322 Å². The maximum Gasteiger partial charge on any atom is 0.338 e. The molecule has 17 aliphatic rings. The van der Waals surface area contributed by atoms with Gasteiger partial charge in [-0.15, -0.1) is 0 Å². The van der Waals surface area contributed by atoms with Crippen molar-refractivity contribution in [3.05, 3.63) is 235 Å². The number of benzene rings is 8. The van der Waals surface area contributed by atoms with Gasteiger partial charge in [0.1, 0.15) is 72.4 Å². The molecule has 19 unspecified atom stereocenters. The van der Waals surface area contributed by atoms with Gasteiger partial charge in [0.25, 0.3) is 0 Å². The number of fused-ring (bicyclic) bond motifs is 8. The number of ether oxygens (including phenoxy) is 12. The highest BCUT2D eigenvalue weighted by Gasteiger charge is 2.63. The monoisotopic (exact) mass is 1830 g/mol. The molecule has 8 aromatic rings. The highest BCUT2D eigenvalue weighted by molar-refractivity contribution is 5.91. The zero-order valence-corrected chi connectivity index (χ0v) is 80.3. The van der Waals surface area contributed by atoms with Gasteiger partial charge in [-0.25, -0.2) is 19.2 Å². The van der Waals surface area contributed by atoms with Gasteiger partial charge >= 0.3 is 23.9 Å². The molecule has 0 aromatic heterocycles. The molecule has 0 heterocycles. The highest BCUT2D eigenvalue weighted by atomic mass is 16.6. The third kappa shape index (κ3) is 16.9. The van der Waals surface area contributed by atoms with Crippen molar-refractivity contribution in [3.8, 4) is 46.0 Å². The van der Waals surface area contributed by atoms with E-state index in [1.165, 1.54) is 130 Å². The molecule has 25 rings (SSSR count). The van der Waals surface area contributed by atoms with Crippen LogP contribution in [0.25, 0.3) is 0 Å². The van der Waals surface area contributed by atoms with Crippen molar-refractivity contribution in [1.29, 1.82) is 0 Å². The first-order valence-electron chi connectivity index (χ1n) is 50.1. The minimum absolute atomic E-state index is 0.0436. The van der Waals surface area contributed by atoms with Crippen molar-refractivity contribution < 1.29 is 96.4 Å². The van der Waals surface area contributed by atoms with E-state index in [2.05, 4.69) is 41.5 Å². The maximum atomic E-state index is 14.6. The predicted octanol–water partition coefficient (Wildman–Crippen LogP) is 22.6. The first-order chi connectivity index (χ1) is 64.7. The fourth-order valence-electron chi connectivity index (χ4n) is 32.0. The molecule has 17 aliphatic carbocycles. The number of aromatic hydroxyl groups is 4. The van der Waals surface area contributed by atoms with E-state index in [1.54, 1.807) is 48.5 Å². The van der Waals surface area contributed by atoms with Crippen LogP contribution in [-0.4, -0.2) is 147 Å². The lowest BCUT2D eigenvalue weighted by atomic mass is 9.45. The molecule has 0 spiro atoms. The molecule has 714 valence electrons. The van der Waals surface area contributed by atoms with Crippen LogP contribution in [0.4, 0.5) is 0 Å². The van der Waals surface area contributed by atoms with Gasteiger partial charge in [-0.05, 0) is 324 Å². The van der Waals surface area contributed by atoms with Crippen molar-refractivity contribution in [1.82, 2.24) is 0 Å². The van der Waals surface area contributed by atoms with Crippen LogP contribution in [0.3, 0.4) is 0 Å². The van der Waals surface area contributed by atoms with E-state index in [1.807, 2.05) is 79.7 Å². The van der Waals surface area contributed by atoms with E-state index < -0.39 is 47.5 Å². The van der Waals surface area contributed by atoms with Gasteiger partial charge in [-0.1, -0.05) is 90.1 Å². The second kappa shape index (κ2) is 34.8. The number of carbonyl (C=O) groups is 4. The minimum Gasteiger partial charge on any atom is -0.507 e. The van der Waals surface area contributed by atoms with E-state index >= 15 is 0 Å². The summed E-state index contributed by atoms with van der Waals surface area (Å²) in [6.45, 7) is 17.3. The molecule has 0 radical (unpaired) electrons. The molecule has 16 fully saturated rings. The Hall–Kier alpha value is -10.1. The van der Waals surface area contributed by atoms with Crippen molar-refractivity contribution in [2.75, 3.05) is 74.7 Å². The Labute approximate surface area is 793 Å². The Kier molecular flexibility index (Phi) is 23.5. The molecule has 20 heteroatoms. The average Bonchev–Trinajstić information content (AvgIpc) is 0.611. The first kappa shape index (κ1) is 91.3. The second-order valence-electron chi connectivity index (χ2n) is 45.9. The third-order valence-electron chi connectivity index (χ3n) is 35.7. The molecule has 135 heavy (non-hydrogen) atoms. The molecule has 0 amide bonds. The highest BCUT2D eigenvalue weighted by Crippen LogP contribution is 2.69. The molecule has 20 nitrogen and oxygen atoms in total. The van der Waals surface area contributed by atoms with Crippen LogP contribution in [-0.2, 0) is 37.9 Å². The Morgan fingerprint density at radius 1 is 0.319 bits per heavy atom. The van der Waals surface area contributed by atoms with E-state index in [0.29, 0.717) is 126 Å². The zero-order valence-electron chi connectivity index (χ0n) is 80.3. The van der Waals surface area contributed by atoms with Crippen molar-refractivity contribution in [2.24, 2.45) is 80.8 Å². The second-order valence-corrected chi connectivity index (χ2v) is 45.9. The van der Waals surface area contributed by atoms with Crippen LogP contribution in [0.2, 0.25) is 0 Å². The van der Waals surface area contributed by atoms with Crippen LogP contribution >= 0.6 is 0 Å². The number of phenols is 4. The number of carbonyl (C=O) groups excluding carboxylic acids is 4. The van der Waals surface area contributed by atoms with Crippen LogP contribution in [0, 0.1) is 80.8 Å². The summed E-state index contributed by atoms with van der Waals surface area (Å²) in [6, 6.07) is 41.5. The van der Waals surface area contributed by atoms with Gasteiger partial charge in [-0.3, -0.25) is 0 Å². The average molecular weight is 1840 g/mol. The van der Waals surface area contributed by atoms with Gasteiger partial charge < -0.3 is 77.3 Å². The molecule has 4 N–H and O–H groups in total. The maximum absolute atomic E-state index is 14.6. The fraction of sp³-hybridized carbons (Fsp3) is 0.548. The molecule has 8 aromatic carbocycles. The number of rotatable bonds is 28. The number of hydrogen-bond donors (Lipinski definition) is 4.